The first-order valence-electron chi connectivity index (χ1n) is 7.86. The van der Waals surface area contributed by atoms with Gasteiger partial charge in [-0.1, -0.05) is 48.9 Å². The topological polar surface area (TPSA) is 49.7 Å². The van der Waals surface area contributed by atoms with Crippen LogP contribution >= 0.6 is 11.6 Å². The fourth-order valence-electron chi connectivity index (χ4n) is 2.77. The number of para-hydroxylation sites is 1. The molecule has 0 radical (unpaired) electrons. The summed E-state index contributed by atoms with van der Waals surface area (Å²) >= 11 is 6.21. The molecule has 0 saturated heterocycles. The van der Waals surface area contributed by atoms with Gasteiger partial charge in [-0.2, -0.15) is 0 Å². The third kappa shape index (κ3) is 2.85. The van der Waals surface area contributed by atoms with Crippen LogP contribution in [0.3, 0.4) is 0 Å². The minimum Gasteiger partial charge on any atom is -0.296 e. The summed E-state index contributed by atoms with van der Waals surface area (Å²) < 4.78 is 0. The Morgan fingerprint density at radius 3 is 2.58 bits per heavy atom. The predicted octanol–water partition coefficient (Wildman–Crippen LogP) is 4.09. The number of carbonyl (C=O) groups excluding carboxylic acids is 2. The van der Waals surface area contributed by atoms with Gasteiger partial charge in [0.15, 0.2) is 0 Å². The first-order chi connectivity index (χ1) is 11.6. The molecule has 1 aliphatic heterocycles. The lowest BCUT2D eigenvalue weighted by atomic mass is 9.89. The van der Waals surface area contributed by atoms with Gasteiger partial charge in [-0.15, -0.1) is 0 Å². The van der Waals surface area contributed by atoms with Gasteiger partial charge in [0, 0.05) is 18.3 Å². The van der Waals surface area contributed by atoms with Crippen LogP contribution in [0.1, 0.15) is 35.2 Å². The van der Waals surface area contributed by atoms with Crippen LogP contribution in [0.15, 0.2) is 53.5 Å². The smallest absolute Gasteiger partial charge is 0.265 e. The molecule has 2 aromatic carbocycles. The quantitative estimate of drug-likeness (QED) is 0.621. The van der Waals surface area contributed by atoms with E-state index in [1.54, 1.807) is 48.7 Å². The van der Waals surface area contributed by atoms with Gasteiger partial charge in [-0.3, -0.25) is 14.6 Å². The van der Waals surface area contributed by atoms with E-state index in [-0.39, 0.29) is 11.8 Å². The number of benzene rings is 2. The lowest BCUT2D eigenvalue weighted by molar-refractivity contribution is -0.118. The first kappa shape index (κ1) is 16.4. The minimum absolute atomic E-state index is 0.327. The molecule has 0 N–H and O–H groups in total. The van der Waals surface area contributed by atoms with Crippen LogP contribution in [0.25, 0.3) is 0 Å². The average molecular weight is 341 g/mol. The number of amides is 2. The van der Waals surface area contributed by atoms with Crippen molar-refractivity contribution in [2.45, 2.75) is 19.3 Å². The zero-order chi connectivity index (χ0) is 17.1. The fourth-order valence-corrected chi connectivity index (χ4v) is 2.99. The van der Waals surface area contributed by atoms with Crippen molar-refractivity contribution in [1.82, 2.24) is 0 Å². The predicted molar refractivity (Wildman–Crippen MR) is 96.1 cm³/mol. The van der Waals surface area contributed by atoms with Gasteiger partial charge in [0.2, 0.25) is 5.91 Å². The molecule has 0 aliphatic carbocycles. The largest absolute Gasteiger partial charge is 0.296 e. The zero-order valence-corrected chi connectivity index (χ0v) is 14.0. The van der Waals surface area contributed by atoms with Crippen molar-refractivity contribution in [2.75, 3.05) is 11.4 Å². The molecule has 0 aromatic heterocycles. The number of aliphatic imine (C=N–C) groups is 1. The van der Waals surface area contributed by atoms with Gasteiger partial charge < -0.3 is 0 Å². The number of anilines is 1. The summed E-state index contributed by atoms with van der Waals surface area (Å²) in [6, 6.07) is 14.0. The van der Waals surface area contributed by atoms with Gasteiger partial charge in [-0.25, -0.2) is 4.90 Å². The molecule has 2 amide bonds. The maximum Gasteiger partial charge on any atom is 0.265 e. The van der Waals surface area contributed by atoms with Gasteiger partial charge >= 0.3 is 0 Å². The highest BCUT2D eigenvalue weighted by Gasteiger charge is 2.39. The second kappa shape index (κ2) is 6.97. The van der Waals surface area contributed by atoms with E-state index in [0.717, 1.165) is 11.3 Å². The molecule has 4 nitrogen and oxygen atoms in total. The summed E-state index contributed by atoms with van der Waals surface area (Å²) in [5.41, 5.74) is 1.60. The molecule has 1 heterocycles. The minimum atomic E-state index is -0.582. The molecule has 0 fully saturated rings. The first-order valence-corrected chi connectivity index (χ1v) is 8.24. The molecule has 0 bridgehead atoms. The number of fused-ring (bicyclic) bond motifs is 1. The van der Waals surface area contributed by atoms with Crippen LogP contribution in [-0.4, -0.2) is 24.6 Å². The van der Waals surface area contributed by atoms with Crippen molar-refractivity contribution < 1.29 is 9.59 Å². The lowest BCUT2D eigenvalue weighted by Gasteiger charge is -2.31. The zero-order valence-electron chi connectivity index (χ0n) is 13.3. The summed E-state index contributed by atoms with van der Waals surface area (Å²) in [6.07, 6.45) is 2.53. The molecule has 24 heavy (non-hydrogen) atoms. The molecular weight excluding hydrogens is 324 g/mol. The van der Waals surface area contributed by atoms with Crippen LogP contribution in [0.4, 0.5) is 5.69 Å². The van der Waals surface area contributed by atoms with E-state index in [4.69, 9.17) is 11.6 Å². The molecule has 5 heteroatoms. The summed E-state index contributed by atoms with van der Waals surface area (Å²) in [4.78, 5) is 31.3. The molecule has 0 saturated carbocycles. The Hall–Kier alpha value is -2.46. The van der Waals surface area contributed by atoms with Crippen molar-refractivity contribution in [1.29, 1.82) is 0 Å². The molecule has 0 spiro atoms. The molecule has 1 atom stereocenters. The fraction of sp³-hybridized carbons (Fsp3) is 0.211. The summed E-state index contributed by atoms with van der Waals surface area (Å²) in [5, 5.41) is 0.364. The standard InChI is InChI=1S/C19H17ClN2O2/c1-2-11-21-12-15-13-7-3-4-8-14(13)18(23)22(19(15)24)17-10-6-5-9-16(17)20/h3-10,12,15H,2,11H2,1H3. The van der Waals surface area contributed by atoms with E-state index >= 15 is 0 Å². The summed E-state index contributed by atoms with van der Waals surface area (Å²) in [6.45, 7) is 2.67. The lowest BCUT2D eigenvalue weighted by Crippen LogP contribution is -2.45. The van der Waals surface area contributed by atoms with Crippen LogP contribution in [0.2, 0.25) is 5.02 Å². The van der Waals surface area contributed by atoms with Crippen LogP contribution in [-0.2, 0) is 4.79 Å². The van der Waals surface area contributed by atoms with Gasteiger partial charge in [-0.05, 0) is 30.2 Å². The number of imide groups is 1. The Kier molecular flexibility index (Phi) is 4.76. The van der Waals surface area contributed by atoms with E-state index in [1.807, 2.05) is 13.0 Å². The van der Waals surface area contributed by atoms with E-state index in [0.29, 0.717) is 28.4 Å². The van der Waals surface area contributed by atoms with Crippen molar-refractivity contribution in [3.63, 3.8) is 0 Å². The van der Waals surface area contributed by atoms with E-state index in [1.165, 1.54) is 0 Å². The third-order valence-corrected chi connectivity index (χ3v) is 4.24. The Labute approximate surface area is 145 Å². The molecular formula is C19H17ClN2O2. The highest BCUT2D eigenvalue weighted by atomic mass is 35.5. The Bertz CT molecular complexity index is 817. The van der Waals surface area contributed by atoms with Gasteiger partial charge in [0.1, 0.15) is 0 Å². The average Bonchev–Trinajstić information content (AvgIpc) is 2.60. The van der Waals surface area contributed by atoms with Crippen LogP contribution in [0, 0.1) is 0 Å². The second-order valence-corrected chi connectivity index (χ2v) is 5.96. The van der Waals surface area contributed by atoms with Gasteiger partial charge in [0.05, 0.1) is 16.6 Å². The second-order valence-electron chi connectivity index (χ2n) is 5.55. The third-order valence-electron chi connectivity index (χ3n) is 3.92. The van der Waals surface area contributed by atoms with E-state index in [9.17, 15) is 9.59 Å². The number of halogens is 1. The van der Waals surface area contributed by atoms with E-state index in [2.05, 4.69) is 4.99 Å². The molecule has 122 valence electrons. The summed E-state index contributed by atoms with van der Waals surface area (Å²) in [5.74, 6) is -1.27. The monoisotopic (exact) mass is 340 g/mol. The number of carbonyl (C=O) groups is 2. The number of hydrogen-bond acceptors (Lipinski definition) is 3. The highest BCUT2D eigenvalue weighted by molar-refractivity contribution is 6.37. The van der Waals surface area contributed by atoms with Crippen LogP contribution in [0.5, 0.6) is 0 Å². The molecule has 3 rings (SSSR count). The van der Waals surface area contributed by atoms with E-state index < -0.39 is 5.92 Å². The maximum absolute atomic E-state index is 13.0. The SMILES string of the molecule is CCCN=CC1C(=O)N(c2ccccc2Cl)C(=O)c2ccccc21. The van der Waals surface area contributed by atoms with Crippen molar-refractivity contribution in [3.8, 4) is 0 Å². The normalized spacial score (nSPS) is 17.4. The molecule has 1 aliphatic rings. The Balaban J connectivity index is 2.12. The number of nitrogens with zero attached hydrogens (tertiary/aromatic N) is 2. The maximum atomic E-state index is 13.0. The molecule has 1 unspecified atom stereocenters. The van der Waals surface area contributed by atoms with Crippen LogP contribution < -0.4 is 4.90 Å². The Morgan fingerprint density at radius 1 is 1.12 bits per heavy atom. The summed E-state index contributed by atoms with van der Waals surface area (Å²) in [7, 11) is 0. The number of hydrogen-bond donors (Lipinski definition) is 0. The Morgan fingerprint density at radius 2 is 1.83 bits per heavy atom. The van der Waals surface area contributed by atoms with Crippen molar-refractivity contribution >= 4 is 35.3 Å². The van der Waals surface area contributed by atoms with Gasteiger partial charge in [0.25, 0.3) is 5.91 Å². The highest BCUT2D eigenvalue weighted by Crippen LogP contribution is 2.35. The number of rotatable bonds is 4. The molecule has 2 aromatic rings. The van der Waals surface area contributed by atoms with Crippen molar-refractivity contribution in [2.24, 2.45) is 4.99 Å². The van der Waals surface area contributed by atoms with Crippen molar-refractivity contribution in [3.05, 3.63) is 64.7 Å².